The summed E-state index contributed by atoms with van der Waals surface area (Å²) in [6.07, 6.45) is 0.478. The topological polar surface area (TPSA) is 9.23 Å². The molecule has 0 aliphatic rings. The molecule has 0 N–H and O–H groups in total. The molecule has 2 heteroatoms. The van der Waals surface area contributed by atoms with Crippen LogP contribution >= 0.6 is 0 Å². The Hall–Kier alpha value is 0.830. The van der Waals surface area contributed by atoms with E-state index in [1.54, 1.807) is 0 Å². The van der Waals surface area contributed by atoms with Gasteiger partial charge in [0.2, 0.25) is 0 Å². The van der Waals surface area contributed by atoms with E-state index in [9.17, 15) is 0 Å². The Morgan fingerprint density at radius 1 is 1.60 bits per heavy atom. The van der Waals surface area contributed by atoms with Crippen molar-refractivity contribution in [2.75, 3.05) is 0 Å². The van der Waals surface area contributed by atoms with E-state index in [-0.39, 0.29) is 0 Å². The van der Waals surface area contributed by atoms with Gasteiger partial charge >= 0.3 is 47.6 Å². The third-order valence-corrected chi connectivity index (χ3v) is 3.16. The normalized spacial score (nSPS) is 9.40. The van der Waals surface area contributed by atoms with Gasteiger partial charge in [0, 0.05) is 0 Å². The Kier molecular flexibility index (Phi) is 3.54. The van der Waals surface area contributed by atoms with E-state index in [0.29, 0.717) is 30.9 Å². The standard InChI is InChI=1S/C3H7O.In.2H/c1-3(2)4;;;/h3H,1-2H3;;;/q-1;+1;;/i;1-4;;. The summed E-state index contributed by atoms with van der Waals surface area (Å²) in [5.74, 6) is 0. The second kappa shape index (κ2) is 3.04. The fraction of sp³-hybridized carbons (Fsp3) is 1.00. The fourth-order valence-corrected chi connectivity index (χ4v) is 0. The Bertz CT molecular complexity index is 20.9. The summed E-state index contributed by atoms with van der Waals surface area (Å²) in [6, 6.07) is 0. The van der Waals surface area contributed by atoms with Gasteiger partial charge < -0.3 is 0 Å². The molecule has 0 unspecified atom stereocenters. The second-order valence-electron chi connectivity index (χ2n) is 1.28. The summed E-state index contributed by atoms with van der Waals surface area (Å²) >= 11 is 0.451. The maximum atomic E-state index is 4.96. The van der Waals surface area contributed by atoms with Crippen molar-refractivity contribution in [1.29, 1.82) is 0 Å². The van der Waals surface area contributed by atoms with Crippen LogP contribution in [0.5, 0.6) is 0 Å². The molecule has 5 heavy (non-hydrogen) atoms. The van der Waals surface area contributed by atoms with E-state index in [1.807, 2.05) is 0 Å². The summed E-state index contributed by atoms with van der Waals surface area (Å²) < 4.78 is 4.96. The minimum atomic E-state index is 0.451. The van der Waals surface area contributed by atoms with Crippen molar-refractivity contribution in [3.05, 3.63) is 0 Å². The zero-order chi connectivity index (χ0) is 4.28. The SMILES string of the molecule is CC(C)[O][111InH2]. The van der Waals surface area contributed by atoms with Gasteiger partial charge in [-0.25, -0.2) is 0 Å². The van der Waals surface area contributed by atoms with Gasteiger partial charge in [-0.1, -0.05) is 0 Å². The minimum absolute atomic E-state index is 0.451. The molecule has 0 aromatic carbocycles. The molecule has 0 amide bonds. The van der Waals surface area contributed by atoms with Crippen LogP contribution in [-0.4, -0.2) is 30.9 Å². The van der Waals surface area contributed by atoms with E-state index in [4.69, 9.17) is 2.85 Å². The van der Waals surface area contributed by atoms with Gasteiger partial charge in [-0.2, -0.15) is 0 Å². The molecule has 0 aliphatic carbocycles. The van der Waals surface area contributed by atoms with Crippen molar-refractivity contribution in [3.8, 4) is 0 Å². The van der Waals surface area contributed by atoms with Crippen molar-refractivity contribution in [2.24, 2.45) is 0 Å². The first-order chi connectivity index (χ1) is 2.27. The monoisotopic (exact) mass is 172 g/mol. The van der Waals surface area contributed by atoms with Gasteiger partial charge in [-0.3, -0.25) is 0 Å². The molecule has 0 atom stereocenters. The first-order valence-electron chi connectivity index (χ1n) is 1.80. The van der Waals surface area contributed by atoms with Crippen LogP contribution in [0.25, 0.3) is 0 Å². The van der Waals surface area contributed by atoms with Gasteiger partial charge in [0.05, 0.1) is 0 Å². The molecule has 0 spiro atoms. The Balaban J connectivity index is 2.54. The Morgan fingerprint density at radius 3 is 1.80 bits per heavy atom. The zero-order valence-corrected chi connectivity index (χ0v) is 9.69. The third-order valence-electron chi connectivity index (χ3n) is 0.471. The van der Waals surface area contributed by atoms with E-state index >= 15 is 0 Å². The van der Waals surface area contributed by atoms with Crippen molar-refractivity contribution >= 4 is 24.8 Å². The molecule has 1 nitrogen and oxygen atoms in total. The van der Waals surface area contributed by atoms with E-state index in [1.165, 1.54) is 0 Å². The molecule has 0 heterocycles. The molecular weight excluding hydrogens is 163 g/mol. The van der Waals surface area contributed by atoms with Crippen LogP contribution in [0.2, 0.25) is 0 Å². The van der Waals surface area contributed by atoms with Gasteiger partial charge in [0.25, 0.3) is 0 Å². The summed E-state index contributed by atoms with van der Waals surface area (Å²) in [6.45, 7) is 4.11. The average Bonchev–Trinajstić information content (AvgIpc) is 1.38. The number of rotatable bonds is 1. The Morgan fingerprint density at radius 2 is 1.80 bits per heavy atom. The van der Waals surface area contributed by atoms with Crippen LogP contribution < -0.4 is 0 Å². The van der Waals surface area contributed by atoms with Crippen molar-refractivity contribution in [2.45, 2.75) is 20.0 Å². The van der Waals surface area contributed by atoms with Gasteiger partial charge in [0.15, 0.2) is 0 Å². The quantitative estimate of drug-likeness (QED) is 0.539. The molecule has 0 aromatic rings. The van der Waals surface area contributed by atoms with Gasteiger partial charge in [-0.05, 0) is 0 Å². The van der Waals surface area contributed by atoms with Gasteiger partial charge in [0.1, 0.15) is 0 Å². The Labute approximate surface area is 47.9 Å². The van der Waals surface area contributed by atoms with E-state index in [0.717, 1.165) is 0 Å². The third kappa shape index (κ3) is 4.83. The predicted molar refractivity (Wildman–Crippen MR) is 24.8 cm³/mol. The number of hydrogen-bond acceptors (Lipinski definition) is 1. The van der Waals surface area contributed by atoms with E-state index < -0.39 is 0 Å². The van der Waals surface area contributed by atoms with Crippen LogP contribution in [0.4, 0.5) is 0 Å². The first kappa shape index (κ1) is 5.83. The molecule has 0 aliphatic heterocycles. The molecule has 0 fully saturated rings. The summed E-state index contributed by atoms with van der Waals surface area (Å²) in [5.41, 5.74) is 0. The second-order valence-corrected chi connectivity index (χ2v) is 2.63. The van der Waals surface area contributed by atoms with Gasteiger partial charge in [-0.15, -0.1) is 0 Å². The predicted octanol–water partition coefficient (Wildman–Crippen LogP) is -0.0405. The molecule has 0 bridgehead atoms. The molecule has 0 aromatic heterocycles. The van der Waals surface area contributed by atoms with Crippen molar-refractivity contribution < 1.29 is 2.85 Å². The molecule has 30 valence electrons. The molecule has 0 rings (SSSR count). The maximum absolute atomic E-state index is 4.96. The van der Waals surface area contributed by atoms with Crippen LogP contribution in [0.15, 0.2) is 0 Å². The molecular formula is C3H9InO. The first-order valence-corrected chi connectivity index (χ1v) is 4.13. The van der Waals surface area contributed by atoms with Crippen molar-refractivity contribution in [1.82, 2.24) is 0 Å². The zero-order valence-electron chi connectivity index (χ0n) is 3.99. The van der Waals surface area contributed by atoms with Crippen LogP contribution in [0.1, 0.15) is 13.8 Å². The summed E-state index contributed by atoms with van der Waals surface area (Å²) in [4.78, 5) is 0. The van der Waals surface area contributed by atoms with Crippen LogP contribution in [0, 0.1) is 0 Å². The fourth-order valence-electron chi connectivity index (χ4n) is 0. The average molecular weight is 172 g/mol. The van der Waals surface area contributed by atoms with E-state index in [2.05, 4.69) is 13.8 Å². The molecule has 0 saturated heterocycles. The summed E-state index contributed by atoms with van der Waals surface area (Å²) in [7, 11) is 0. The molecule has 0 saturated carbocycles. The van der Waals surface area contributed by atoms with Crippen LogP contribution in [-0.2, 0) is 2.85 Å². The number of hydrogen-bond donors (Lipinski definition) is 0. The molecule has 0 radical (unpaired) electrons. The summed E-state index contributed by atoms with van der Waals surface area (Å²) in [5, 5.41) is 0. The van der Waals surface area contributed by atoms with Crippen molar-refractivity contribution in [3.63, 3.8) is 0 Å². The van der Waals surface area contributed by atoms with Crippen LogP contribution in [0.3, 0.4) is 0 Å².